The van der Waals surface area contributed by atoms with Gasteiger partial charge in [-0.1, -0.05) is 20.3 Å². The fourth-order valence-corrected chi connectivity index (χ4v) is 2.79. The third-order valence-electron chi connectivity index (χ3n) is 4.02. The van der Waals surface area contributed by atoms with Gasteiger partial charge in [-0.3, -0.25) is 9.59 Å². The fraction of sp³-hybridized carbons (Fsp3) is 0.867. The summed E-state index contributed by atoms with van der Waals surface area (Å²) >= 11 is 0. The van der Waals surface area contributed by atoms with Crippen molar-refractivity contribution in [2.45, 2.75) is 57.8 Å². The Hall–Kier alpha value is -1.31. The van der Waals surface area contributed by atoms with Gasteiger partial charge in [0.25, 0.3) is 0 Å². The van der Waals surface area contributed by atoms with E-state index in [0.29, 0.717) is 12.8 Å². The molecule has 134 valence electrons. The van der Waals surface area contributed by atoms with Crippen LogP contribution in [0.4, 0.5) is 13.2 Å². The molecule has 1 rings (SSSR count). The number of alkyl halides is 3. The Labute approximate surface area is 134 Å². The van der Waals surface area contributed by atoms with Gasteiger partial charge in [0.15, 0.2) is 0 Å². The third kappa shape index (κ3) is 6.37. The number of amides is 2. The van der Waals surface area contributed by atoms with E-state index >= 15 is 0 Å². The lowest BCUT2D eigenvalue weighted by atomic mass is 9.85. The number of rotatable bonds is 6. The van der Waals surface area contributed by atoms with Crippen molar-refractivity contribution >= 4 is 11.8 Å². The molecule has 0 radical (unpaired) electrons. The van der Waals surface area contributed by atoms with Crippen LogP contribution in [-0.2, 0) is 14.3 Å². The van der Waals surface area contributed by atoms with E-state index in [0.717, 1.165) is 0 Å². The standard InChI is InChI=1S/C15H25F3N2O3/c1-9(2)13(20-12(21)8-23-3)14(22)19-11-6-4-5-10(7-11)15(16,17)18/h9-11,13H,4-8H2,1-3H3,(H,19,22)(H,20,21)/t10-,11-,13+/m1/s1. The van der Waals surface area contributed by atoms with Gasteiger partial charge >= 0.3 is 6.18 Å². The van der Waals surface area contributed by atoms with Crippen molar-refractivity contribution in [2.24, 2.45) is 11.8 Å². The minimum atomic E-state index is -4.23. The lowest BCUT2D eigenvalue weighted by molar-refractivity contribution is -0.184. The molecule has 1 aliphatic rings. The predicted molar refractivity (Wildman–Crippen MR) is 78.6 cm³/mol. The van der Waals surface area contributed by atoms with Crippen molar-refractivity contribution in [2.75, 3.05) is 13.7 Å². The van der Waals surface area contributed by atoms with E-state index in [1.807, 2.05) is 0 Å². The summed E-state index contributed by atoms with van der Waals surface area (Å²) in [6, 6.07) is -1.30. The summed E-state index contributed by atoms with van der Waals surface area (Å²) in [6.07, 6.45) is -3.28. The first-order valence-electron chi connectivity index (χ1n) is 7.80. The molecule has 0 aliphatic heterocycles. The molecule has 3 atom stereocenters. The number of hydrogen-bond acceptors (Lipinski definition) is 3. The number of ether oxygens (including phenoxy) is 1. The summed E-state index contributed by atoms with van der Waals surface area (Å²) in [7, 11) is 1.36. The second kappa shape index (κ2) is 8.52. The van der Waals surface area contributed by atoms with Gasteiger partial charge in [-0.25, -0.2) is 0 Å². The molecular formula is C15H25F3N2O3. The lowest BCUT2D eigenvalue weighted by Gasteiger charge is -2.32. The molecule has 8 heteroatoms. The first-order valence-corrected chi connectivity index (χ1v) is 7.80. The molecule has 5 nitrogen and oxygen atoms in total. The number of carbonyl (C=O) groups excluding carboxylic acids is 2. The highest BCUT2D eigenvalue weighted by Crippen LogP contribution is 2.37. The van der Waals surface area contributed by atoms with Crippen LogP contribution in [0.15, 0.2) is 0 Å². The molecule has 1 aliphatic carbocycles. The van der Waals surface area contributed by atoms with E-state index in [1.165, 1.54) is 7.11 Å². The largest absolute Gasteiger partial charge is 0.391 e. The van der Waals surface area contributed by atoms with E-state index in [1.54, 1.807) is 13.8 Å². The van der Waals surface area contributed by atoms with E-state index in [2.05, 4.69) is 10.6 Å². The zero-order valence-corrected chi connectivity index (χ0v) is 13.7. The molecule has 0 saturated heterocycles. The van der Waals surface area contributed by atoms with Crippen LogP contribution >= 0.6 is 0 Å². The second-order valence-electron chi connectivity index (χ2n) is 6.33. The number of methoxy groups -OCH3 is 1. The van der Waals surface area contributed by atoms with Crippen LogP contribution in [0.2, 0.25) is 0 Å². The van der Waals surface area contributed by atoms with Gasteiger partial charge in [-0.15, -0.1) is 0 Å². The summed E-state index contributed by atoms with van der Waals surface area (Å²) in [5.41, 5.74) is 0. The van der Waals surface area contributed by atoms with Gasteiger partial charge in [0.1, 0.15) is 12.6 Å². The number of hydrogen-bond donors (Lipinski definition) is 2. The minimum absolute atomic E-state index is 0.105. The van der Waals surface area contributed by atoms with Gasteiger partial charge in [0, 0.05) is 13.2 Å². The molecule has 1 fully saturated rings. The molecule has 0 aromatic rings. The molecule has 0 aromatic carbocycles. The zero-order valence-electron chi connectivity index (χ0n) is 13.7. The Morgan fingerprint density at radius 1 is 1.26 bits per heavy atom. The highest BCUT2D eigenvalue weighted by Gasteiger charge is 2.42. The summed E-state index contributed by atoms with van der Waals surface area (Å²) in [5.74, 6) is -2.43. The van der Waals surface area contributed by atoms with Gasteiger partial charge < -0.3 is 15.4 Å². The number of halogens is 3. The number of carbonyl (C=O) groups is 2. The Kier molecular flexibility index (Phi) is 7.31. The van der Waals surface area contributed by atoms with Crippen LogP contribution in [-0.4, -0.2) is 43.8 Å². The average molecular weight is 338 g/mol. The molecule has 0 bridgehead atoms. The van der Waals surface area contributed by atoms with E-state index in [-0.39, 0.29) is 25.4 Å². The molecule has 2 N–H and O–H groups in total. The van der Waals surface area contributed by atoms with Crippen LogP contribution in [0.3, 0.4) is 0 Å². The Bertz CT molecular complexity index is 413. The van der Waals surface area contributed by atoms with E-state index in [9.17, 15) is 22.8 Å². The van der Waals surface area contributed by atoms with Crippen molar-refractivity contribution in [1.29, 1.82) is 0 Å². The van der Waals surface area contributed by atoms with Crippen molar-refractivity contribution in [3.05, 3.63) is 0 Å². The van der Waals surface area contributed by atoms with Crippen LogP contribution in [0.1, 0.15) is 39.5 Å². The maximum atomic E-state index is 12.8. The van der Waals surface area contributed by atoms with Crippen molar-refractivity contribution in [3.8, 4) is 0 Å². The molecule has 23 heavy (non-hydrogen) atoms. The average Bonchev–Trinajstić information content (AvgIpc) is 2.44. The summed E-state index contributed by atoms with van der Waals surface area (Å²) < 4.78 is 43.1. The van der Waals surface area contributed by atoms with Crippen LogP contribution in [0, 0.1) is 11.8 Å². The monoisotopic (exact) mass is 338 g/mol. The maximum absolute atomic E-state index is 12.8. The number of nitrogens with one attached hydrogen (secondary N) is 2. The van der Waals surface area contributed by atoms with E-state index < -0.39 is 36.0 Å². The molecule has 2 amide bonds. The van der Waals surface area contributed by atoms with Crippen molar-refractivity contribution in [1.82, 2.24) is 10.6 Å². The van der Waals surface area contributed by atoms with Crippen molar-refractivity contribution in [3.63, 3.8) is 0 Å². The van der Waals surface area contributed by atoms with E-state index in [4.69, 9.17) is 4.74 Å². The van der Waals surface area contributed by atoms with Crippen LogP contribution in [0.25, 0.3) is 0 Å². The predicted octanol–water partition coefficient (Wildman–Crippen LogP) is 2.01. The zero-order chi connectivity index (χ0) is 17.6. The van der Waals surface area contributed by atoms with Gasteiger partial charge in [-0.2, -0.15) is 13.2 Å². The molecular weight excluding hydrogens is 313 g/mol. The molecule has 1 saturated carbocycles. The van der Waals surface area contributed by atoms with Gasteiger partial charge in [0.2, 0.25) is 11.8 Å². The fourth-order valence-electron chi connectivity index (χ4n) is 2.79. The summed E-state index contributed by atoms with van der Waals surface area (Å²) in [4.78, 5) is 23.9. The lowest BCUT2D eigenvalue weighted by Crippen LogP contribution is -2.53. The first-order chi connectivity index (χ1) is 10.6. The smallest absolute Gasteiger partial charge is 0.375 e. The van der Waals surface area contributed by atoms with Crippen LogP contribution < -0.4 is 10.6 Å². The normalized spacial score (nSPS) is 23.4. The first kappa shape index (κ1) is 19.7. The molecule has 0 heterocycles. The Morgan fingerprint density at radius 3 is 2.43 bits per heavy atom. The Morgan fingerprint density at radius 2 is 1.91 bits per heavy atom. The van der Waals surface area contributed by atoms with Gasteiger partial charge in [-0.05, 0) is 25.2 Å². The maximum Gasteiger partial charge on any atom is 0.391 e. The molecule has 0 spiro atoms. The van der Waals surface area contributed by atoms with Crippen LogP contribution in [0.5, 0.6) is 0 Å². The SMILES string of the molecule is COCC(=O)N[C@H](C(=O)N[C@@H]1CCC[C@@H](C(F)(F)F)C1)C(C)C. The molecule has 0 unspecified atom stereocenters. The third-order valence-corrected chi connectivity index (χ3v) is 4.02. The minimum Gasteiger partial charge on any atom is -0.375 e. The topological polar surface area (TPSA) is 67.4 Å². The highest BCUT2D eigenvalue weighted by molar-refractivity contribution is 5.88. The Balaban J connectivity index is 2.62. The second-order valence-corrected chi connectivity index (χ2v) is 6.33. The highest BCUT2D eigenvalue weighted by atomic mass is 19.4. The quantitative estimate of drug-likeness (QED) is 0.778. The summed E-state index contributed by atoms with van der Waals surface area (Å²) in [6.45, 7) is 3.35. The van der Waals surface area contributed by atoms with Crippen molar-refractivity contribution < 1.29 is 27.5 Å². The molecule has 0 aromatic heterocycles. The summed E-state index contributed by atoms with van der Waals surface area (Å²) in [5, 5.41) is 5.21. The van der Waals surface area contributed by atoms with Gasteiger partial charge in [0.05, 0.1) is 5.92 Å².